The van der Waals surface area contributed by atoms with Crippen molar-refractivity contribution < 1.29 is 37.9 Å². The largest absolute Gasteiger partial charge is 0.469 e. The van der Waals surface area contributed by atoms with Crippen LogP contribution in [0.2, 0.25) is 0 Å². The number of rotatable bonds is 29. The SMILES string of the molecule is CCCC/C=C\CCCCCCCC(=O)OC[C@H](COP(=O)(O)O)OC(=O)CCCCCCCCCCCCC. The van der Waals surface area contributed by atoms with Crippen molar-refractivity contribution in [2.24, 2.45) is 0 Å². The molecule has 2 N–H and O–H groups in total. The lowest BCUT2D eigenvalue weighted by atomic mass is 10.1. The van der Waals surface area contributed by atoms with Gasteiger partial charge in [0.2, 0.25) is 0 Å². The summed E-state index contributed by atoms with van der Waals surface area (Å²) in [7, 11) is -4.74. The van der Waals surface area contributed by atoms with E-state index in [0.29, 0.717) is 12.8 Å². The molecule has 0 aliphatic carbocycles. The van der Waals surface area contributed by atoms with Gasteiger partial charge in [0.15, 0.2) is 6.10 Å². The number of hydrogen-bond donors (Lipinski definition) is 2. The monoisotopic (exact) mass is 590 g/mol. The van der Waals surface area contributed by atoms with E-state index in [1.807, 2.05) is 0 Å². The lowest BCUT2D eigenvalue weighted by Crippen LogP contribution is -2.29. The summed E-state index contributed by atoms with van der Waals surface area (Å²) in [5.41, 5.74) is 0. The van der Waals surface area contributed by atoms with Crippen molar-refractivity contribution in [2.45, 2.75) is 161 Å². The third-order valence-electron chi connectivity index (χ3n) is 6.78. The van der Waals surface area contributed by atoms with E-state index in [0.717, 1.165) is 57.8 Å². The minimum Gasteiger partial charge on any atom is -0.462 e. The number of esters is 2. The van der Waals surface area contributed by atoms with E-state index in [-0.39, 0.29) is 19.4 Å². The summed E-state index contributed by atoms with van der Waals surface area (Å²) < 4.78 is 26.1. The predicted octanol–water partition coefficient (Wildman–Crippen LogP) is 8.73. The Balaban J connectivity index is 4.04. The standard InChI is InChI=1S/C31H59O8P/c1-3-5-7-9-11-13-15-17-19-21-23-25-30(32)37-27-29(28-38-40(34,35)36)39-31(33)26-24-22-20-18-16-14-12-10-8-6-4-2/h9,11,29H,3-8,10,12-28H2,1-2H3,(H2,34,35,36)/b11-9-/t29-/m1/s1. The Morgan fingerprint density at radius 1 is 0.625 bits per heavy atom. The molecule has 1 atom stereocenters. The molecular formula is C31H59O8P. The molecule has 0 saturated heterocycles. The van der Waals surface area contributed by atoms with Crippen LogP contribution >= 0.6 is 7.82 Å². The van der Waals surface area contributed by atoms with Crippen molar-refractivity contribution in [1.29, 1.82) is 0 Å². The molecule has 0 bridgehead atoms. The number of carbonyl (C=O) groups is 2. The Morgan fingerprint density at radius 3 is 1.60 bits per heavy atom. The fourth-order valence-electron chi connectivity index (χ4n) is 4.35. The molecule has 0 aromatic rings. The number of hydrogen-bond acceptors (Lipinski definition) is 6. The van der Waals surface area contributed by atoms with Gasteiger partial charge in [-0.1, -0.05) is 122 Å². The maximum atomic E-state index is 12.3. The molecule has 0 heterocycles. The van der Waals surface area contributed by atoms with E-state index in [9.17, 15) is 14.2 Å². The van der Waals surface area contributed by atoms with E-state index >= 15 is 0 Å². The van der Waals surface area contributed by atoms with Crippen LogP contribution in [0.1, 0.15) is 155 Å². The highest BCUT2D eigenvalue weighted by Crippen LogP contribution is 2.35. The van der Waals surface area contributed by atoms with E-state index in [4.69, 9.17) is 19.3 Å². The van der Waals surface area contributed by atoms with Gasteiger partial charge in [-0.3, -0.25) is 14.1 Å². The Hall–Kier alpha value is -1.21. The first-order valence-corrected chi connectivity index (χ1v) is 17.5. The second-order valence-corrected chi connectivity index (χ2v) is 12.0. The van der Waals surface area contributed by atoms with E-state index < -0.39 is 32.5 Å². The summed E-state index contributed by atoms with van der Waals surface area (Å²) in [6.07, 6.45) is 26.5. The second-order valence-electron chi connectivity index (χ2n) is 10.8. The molecule has 0 aromatic carbocycles. The molecule has 0 amide bonds. The third-order valence-corrected chi connectivity index (χ3v) is 7.27. The molecule has 40 heavy (non-hydrogen) atoms. The zero-order chi connectivity index (χ0) is 29.7. The molecule has 0 rings (SSSR count). The van der Waals surface area contributed by atoms with Gasteiger partial charge in [-0.25, -0.2) is 4.57 Å². The molecule has 236 valence electrons. The first kappa shape index (κ1) is 38.8. The summed E-state index contributed by atoms with van der Waals surface area (Å²) in [4.78, 5) is 42.4. The Kier molecular flexibility index (Phi) is 27.1. The first-order chi connectivity index (χ1) is 19.3. The van der Waals surface area contributed by atoms with Gasteiger partial charge >= 0.3 is 19.8 Å². The molecular weight excluding hydrogens is 531 g/mol. The number of phosphoric acid groups is 1. The van der Waals surface area contributed by atoms with Crippen LogP contribution in [0.25, 0.3) is 0 Å². The van der Waals surface area contributed by atoms with Gasteiger partial charge in [-0.15, -0.1) is 0 Å². The summed E-state index contributed by atoms with van der Waals surface area (Å²) in [5, 5.41) is 0. The van der Waals surface area contributed by atoms with Crippen LogP contribution in [-0.4, -0.2) is 41.0 Å². The van der Waals surface area contributed by atoms with Gasteiger partial charge in [-0.05, 0) is 32.1 Å². The van der Waals surface area contributed by atoms with Gasteiger partial charge in [0.1, 0.15) is 6.61 Å². The lowest BCUT2D eigenvalue weighted by molar-refractivity contribution is -0.161. The molecule has 9 heteroatoms. The van der Waals surface area contributed by atoms with Crippen molar-refractivity contribution in [3.8, 4) is 0 Å². The first-order valence-electron chi connectivity index (χ1n) is 16.0. The summed E-state index contributed by atoms with van der Waals surface area (Å²) >= 11 is 0. The van der Waals surface area contributed by atoms with Gasteiger partial charge in [-0.2, -0.15) is 0 Å². The summed E-state index contributed by atoms with van der Waals surface area (Å²) in [6.45, 7) is 3.60. The highest BCUT2D eigenvalue weighted by atomic mass is 31.2. The molecule has 0 aromatic heterocycles. The van der Waals surface area contributed by atoms with E-state index in [1.165, 1.54) is 57.8 Å². The smallest absolute Gasteiger partial charge is 0.462 e. The second kappa shape index (κ2) is 27.9. The van der Waals surface area contributed by atoms with Crippen molar-refractivity contribution in [2.75, 3.05) is 13.2 Å². The molecule has 0 radical (unpaired) electrons. The summed E-state index contributed by atoms with van der Waals surface area (Å²) in [6, 6.07) is 0. The minimum atomic E-state index is -4.74. The average molecular weight is 591 g/mol. The van der Waals surface area contributed by atoms with Crippen LogP contribution in [0.15, 0.2) is 12.2 Å². The molecule has 0 fully saturated rings. The van der Waals surface area contributed by atoms with Crippen LogP contribution in [0, 0.1) is 0 Å². The molecule has 0 aliphatic rings. The number of ether oxygens (including phenoxy) is 2. The quantitative estimate of drug-likeness (QED) is 0.0384. The van der Waals surface area contributed by atoms with Crippen molar-refractivity contribution in [1.82, 2.24) is 0 Å². The number of unbranched alkanes of at least 4 members (excludes halogenated alkanes) is 17. The average Bonchev–Trinajstić information content (AvgIpc) is 2.91. The zero-order valence-corrected chi connectivity index (χ0v) is 26.4. The van der Waals surface area contributed by atoms with Gasteiger partial charge in [0.25, 0.3) is 0 Å². The topological polar surface area (TPSA) is 119 Å². The highest BCUT2D eigenvalue weighted by Gasteiger charge is 2.22. The normalized spacial score (nSPS) is 12.6. The Morgan fingerprint density at radius 2 is 1.07 bits per heavy atom. The molecule has 8 nitrogen and oxygen atoms in total. The summed E-state index contributed by atoms with van der Waals surface area (Å²) in [5.74, 6) is -0.895. The van der Waals surface area contributed by atoms with Crippen LogP contribution in [0.5, 0.6) is 0 Å². The van der Waals surface area contributed by atoms with Crippen molar-refractivity contribution in [3.63, 3.8) is 0 Å². The Bertz CT molecular complexity index is 676. The molecule has 0 unspecified atom stereocenters. The lowest BCUT2D eigenvalue weighted by Gasteiger charge is -2.18. The fraction of sp³-hybridized carbons (Fsp3) is 0.871. The fourth-order valence-corrected chi connectivity index (χ4v) is 4.71. The third kappa shape index (κ3) is 29.8. The van der Waals surface area contributed by atoms with Gasteiger partial charge in [0.05, 0.1) is 6.61 Å². The van der Waals surface area contributed by atoms with Crippen LogP contribution < -0.4 is 0 Å². The molecule has 0 aliphatic heterocycles. The van der Waals surface area contributed by atoms with Gasteiger partial charge in [0, 0.05) is 12.8 Å². The molecule has 0 saturated carbocycles. The minimum absolute atomic E-state index is 0.214. The maximum Gasteiger partial charge on any atom is 0.469 e. The molecule has 0 spiro atoms. The number of carbonyl (C=O) groups excluding carboxylic acids is 2. The number of allylic oxidation sites excluding steroid dienone is 2. The van der Waals surface area contributed by atoms with E-state index in [1.54, 1.807) is 0 Å². The predicted molar refractivity (Wildman–Crippen MR) is 161 cm³/mol. The zero-order valence-electron chi connectivity index (χ0n) is 25.5. The number of phosphoric ester groups is 1. The van der Waals surface area contributed by atoms with Crippen LogP contribution in [0.3, 0.4) is 0 Å². The van der Waals surface area contributed by atoms with Crippen molar-refractivity contribution in [3.05, 3.63) is 12.2 Å². The maximum absolute atomic E-state index is 12.3. The Labute approximate surface area is 244 Å². The van der Waals surface area contributed by atoms with E-state index in [2.05, 4.69) is 30.5 Å². The van der Waals surface area contributed by atoms with Crippen molar-refractivity contribution >= 4 is 19.8 Å². The van der Waals surface area contributed by atoms with Crippen LogP contribution in [0.4, 0.5) is 0 Å². The van der Waals surface area contributed by atoms with Gasteiger partial charge < -0.3 is 19.3 Å². The highest BCUT2D eigenvalue weighted by molar-refractivity contribution is 7.46. The van der Waals surface area contributed by atoms with Crippen LogP contribution in [-0.2, 0) is 28.2 Å².